The summed E-state index contributed by atoms with van der Waals surface area (Å²) in [4.78, 5) is 12.5. The Hall–Kier alpha value is -3.22. The van der Waals surface area contributed by atoms with Crippen LogP contribution in [0.5, 0.6) is 11.5 Å². The van der Waals surface area contributed by atoms with Crippen molar-refractivity contribution in [3.8, 4) is 29.9 Å². The van der Waals surface area contributed by atoms with E-state index < -0.39 is 5.91 Å². The van der Waals surface area contributed by atoms with Crippen molar-refractivity contribution in [2.24, 2.45) is 0 Å². The first kappa shape index (κ1) is 21.1. The van der Waals surface area contributed by atoms with Gasteiger partial charge < -0.3 is 14.8 Å². The maximum absolute atomic E-state index is 12.5. The van der Waals surface area contributed by atoms with Crippen molar-refractivity contribution in [3.05, 3.63) is 63.6 Å². The average molecular weight is 439 g/mol. The number of methoxy groups -OCH3 is 1. The molecule has 6 heteroatoms. The molecule has 2 rings (SSSR count). The Kier molecular flexibility index (Phi) is 7.68. The van der Waals surface area contributed by atoms with E-state index in [0.29, 0.717) is 21.5 Å². The van der Waals surface area contributed by atoms with Crippen LogP contribution in [0.4, 0.5) is 0 Å². The van der Waals surface area contributed by atoms with Crippen LogP contribution in [0.2, 0.25) is 0 Å². The highest BCUT2D eigenvalue weighted by molar-refractivity contribution is 9.10. The van der Waals surface area contributed by atoms with Crippen molar-refractivity contribution >= 4 is 27.9 Å². The van der Waals surface area contributed by atoms with E-state index in [-0.39, 0.29) is 18.2 Å². The molecule has 142 valence electrons. The first-order chi connectivity index (χ1) is 13.5. The third-order valence-electron chi connectivity index (χ3n) is 3.87. The molecule has 0 aliphatic heterocycles. The van der Waals surface area contributed by atoms with Gasteiger partial charge in [0.25, 0.3) is 5.91 Å². The molecule has 28 heavy (non-hydrogen) atoms. The van der Waals surface area contributed by atoms with Crippen molar-refractivity contribution in [2.45, 2.75) is 13.0 Å². The fourth-order valence-electron chi connectivity index (χ4n) is 2.49. The van der Waals surface area contributed by atoms with Gasteiger partial charge in [0.15, 0.2) is 11.5 Å². The van der Waals surface area contributed by atoms with E-state index in [0.717, 1.165) is 5.56 Å². The van der Waals surface area contributed by atoms with Gasteiger partial charge in [-0.05, 0) is 52.2 Å². The van der Waals surface area contributed by atoms with Gasteiger partial charge in [-0.3, -0.25) is 4.79 Å². The molecule has 0 unspecified atom stereocenters. The first-order valence-corrected chi connectivity index (χ1v) is 9.20. The minimum Gasteiger partial charge on any atom is -0.493 e. The maximum Gasteiger partial charge on any atom is 0.262 e. The average Bonchev–Trinajstić information content (AvgIpc) is 2.71. The SMILES string of the molecule is C#CCOc1c(Br)cc(/C=C(\C#N)C(=O)N[C@@H](C)c2ccccc2)cc1OC. The smallest absolute Gasteiger partial charge is 0.262 e. The van der Waals surface area contributed by atoms with Gasteiger partial charge in [-0.1, -0.05) is 36.3 Å². The van der Waals surface area contributed by atoms with E-state index in [1.54, 1.807) is 12.1 Å². The molecule has 0 aliphatic carbocycles. The van der Waals surface area contributed by atoms with E-state index in [9.17, 15) is 10.1 Å². The Labute approximate surface area is 173 Å². The number of rotatable bonds is 7. The molecule has 1 amide bonds. The highest BCUT2D eigenvalue weighted by Crippen LogP contribution is 2.37. The highest BCUT2D eigenvalue weighted by Gasteiger charge is 2.15. The van der Waals surface area contributed by atoms with Gasteiger partial charge >= 0.3 is 0 Å². The number of carbonyl (C=O) groups excluding carboxylic acids is 1. The van der Waals surface area contributed by atoms with Crippen molar-refractivity contribution in [2.75, 3.05) is 13.7 Å². The number of nitriles is 1. The van der Waals surface area contributed by atoms with Crippen molar-refractivity contribution in [3.63, 3.8) is 0 Å². The number of ether oxygens (including phenoxy) is 2. The van der Waals surface area contributed by atoms with E-state index in [4.69, 9.17) is 15.9 Å². The lowest BCUT2D eigenvalue weighted by Gasteiger charge is -2.14. The Balaban J connectivity index is 2.26. The molecule has 0 bridgehead atoms. The quantitative estimate of drug-likeness (QED) is 0.398. The lowest BCUT2D eigenvalue weighted by atomic mass is 10.1. The van der Waals surface area contributed by atoms with Gasteiger partial charge in [0, 0.05) is 0 Å². The molecule has 2 aromatic carbocycles. The molecule has 0 fully saturated rings. The molecule has 0 spiro atoms. The van der Waals surface area contributed by atoms with Crippen LogP contribution in [0.1, 0.15) is 24.1 Å². The van der Waals surface area contributed by atoms with Gasteiger partial charge in [-0.2, -0.15) is 5.26 Å². The zero-order valence-corrected chi connectivity index (χ0v) is 17.1. The second-order valence-corrected chi connectivity index (χ2v) is 6.66. The topological polar surface area (TPSA) is 71.3 Å². The van der Waals surface area contributed by atoms with Gasteiger partial charge in [0.2, 0.25) is 0 Å². The predicted octanol–water partition coefficient (Wildman–Crippen LogP) is 4.25. The van der Waals surface area contributed by atoms with Crippen LogP contribution in [0, 0.1) is 23.7 Å². The summed E-state index contributed by atoms with van der Waals surface area (Å²) in [6, 6.07) is 14.6. The number of halogens is 1. The van der Waals surface area contributed by atoms with Crippen LogP contribution in [-0.4, -0.2) is 19.6 Å². The lowest BCUT2D eigenvalue weighted by molar-refractivity contribution is -0.117. The normalized spacial score (nSPS) is 11.7. The summed E-state index contributed by atoms with van der Waals surface area (Å²) >= 11 is 3.40. The van der Waals surface area contributed by atoms with Crippen molar-refractivity contribution < 1.29 is 14.3 Å². The number of hydrogen-bond acceptors (Lipinski definition) is 4. The minimum atomic E-state index is -0.457. The molecular weight excluding hydrogens is 420 g/mol. The first-order valence-electron chi connectivity index (χ1n) is 8.41. The van der Waals surface area contributed by atoms with Gasteiger partial charge in [0.05, 0.1) is 17.6 Å². The molecule has 0 saturated carbocycles. The number of amides is 1. The van der Waals surface area contributed by atoms with Gasteiger partial charge in [-0.15, -0.1) is 6.42 Å². The summed E-state index contributed by atoms with van der Waals surface area (Å²) in [5.74, 6) is 2.83. The second-order valence-electron chi connectivity index (χ2n) is 5.80. The van der Waals surface area contributed by atoms with Crippen LogP contribution >= 0.6 is 15.9 Å². The van der Waals surface area contributed by atoms with Crippen molar-refractivity contribution in [1.82, 2.24) is 5.32 Å². The Morgan fingerprint density at radius 1 is 1.36 bits per heavy atom. The van der Waals surface area contributed by atoms with E-state index in [1.807, 2.05) is 43.3 Å². The molecular formula is C22H19BrN2O3. The fraction of sp³-hybridized carbons (Fsp3) is 0.182. The molecule has 1 N–H and O–H groups in total. The molecule has 2 aromatic rings. The number of nitrogens with zero attached hydrogens (tertiary/aromatic N) is 1. The monoisotopic (exact) mass is 438 g/mol. The summed E-state index contributed by atoms with van der Waals surface area (Å²) in [5.41, 5.74) is 1.54. The molecule has 0 saturated heterocycles. The Bertz CT molecular complexity index is 956. The summed E-state index contributed by atoms with van der Waals surface area (Å²) in [7, 11) is 1.50. The van der Waals surface area contributed by atoms with E-state index in [2.05, 4.69) is 27.2 Å². The Morgan fingerprint density at radius 3 is 2.68 bits per heavy atom. The zero-order chi connectivity index (χ0) is 20.5. The molecule has 1 atom stereocenters. The van der Waals surface area contributed by atoms with E-state index >= 15 is 0 Å². The molecule has 0 radical (unpaired) electrons. The van der Waals surface area contributed by atoms with Crippen LogP contribution in [0.3, 0.4) is 0 Å². The van der Waals surface area contributed by atoms with E-state index in [1.165, 1.54) is 13.2 Å². The standard InChI is InChI=1S/C22H19BrN2O3/c1-4-10-28-21-19(23)12-16(13-20(21)27-3)11-18(14-24)22(26)25-15(2)17-8-6-5-7-9-17/h1,5-9,11-13,15H,10H2,2-3H3,(H,25,26)/b18-11+/t15-/m0/s1. The van der Waals surface area contributed by atoms with Gasteiger partial charge in [0.1, 0.15) is 18.2 Å². The predicted molar refractivity (Wildman–Crippen MR) is 112 cm³/mol. The fourth-order valence-corrected chi connectivity index (χ4v) is 3.07. The number of nitrogens with one attached hydrogen (secondary N) is 1. The third-order valence-corrected chi connectivity index (χ3v) is 4.46. The minimum absolute atomic E-state index is 0.0194. The maximum atomic E-state index is 12.5. The van der Waals surface area contributed by atoms with Crippen molar-refractivity contribution in [1.29, 1.82) is 5.26 Å². The summed E-state index contributed by atoms with van der Waals surface area (Å²) in [6.07, 6.45) is 6.72. The number of hydrogen-bond donors (Lipinski definition) is 1. The number of benzene rings is 2. The van der Waals surface area contributed by atoms with Gasteiger partial charge in [-0.25, -0.2) is 0 Å². The summed E-state index contributed by atoms with van der Waals surface area (Å²) in [6.45, 7) is 1.95. The van der Waals surface area contributed by atoms with Crippen LogP contribution in [-0.2, 0) is 4.79 Å². The lowest BCUT2D eigenvalue weighted by Crippen LogP contribution is -2.27. The summed E-state index contributed by atoms with van der Waals surface area (Å²) in [5, 5.41) is 12.3. The third kappa shape index (κ3) is 5.39. The largest absolute Gasteiger partial charge is 0.493 e. The van der Waals surface area contributed by atoms with Crippen LogP contribution < -0.4 is 14.8 Å². The second kappa shape index (κ2) is 10.2. The number of terminal acetylenes is 1. The number of carbonyl (C=O) groups is 1. The zero-order valence-electron chi connectivity index (χ0n) is 15.5. The molecule has 0 heterocycles. The highest BCUT2D eigenvalue weighted by atomic mass is 79.9. The van der Waals surface area contributed by atoms with Crippen LogP contribution in [0.25, 0.3) is 6.08 Å². The molecule has 0 aliphatic rings. The van der Waals surface area contributed by atoms with Crippen LogP contribution in [0.15, 0.2) is 52.5 Å². The molecule has 5 nitrogen and oxygen atoms in total. The summed E-state index contributed by atoms with van der Waals surface area (Å²) < 4.78 is 11.4. The Morgan fingerprint density at radius 2 is 2.07 bits per heavy atom. The molecule has 0 aromatic heterocycles.